The van der Waals surface area contributed by atoms with Gasteiger partial charge in [-0.1, -0.05) is 53.2 Å². The van der Waals surface area contributed by atoms with Crippen molar-refractivity contribution in [2.75, 3.05) is 0 Å². The molecule has 0 amide bonds. The van der Waals surface area contributed by atoms with Crippen LogP contribution in [0, 0.1) is 0 Å². The second-order valence-corrected chi connectivity index (χ2v) is 9.09. The summed E-state index contributed by atoms with van der Waals surface area (Å²) in [6.07, 6.45) is 1.72. The molecule has 4 rings (SSSR count). The number of carbonyl (C=O) groups is 1. The van der Waals surface area contributed by atoms with Crippen LogP contribution in [0.1, 0.15) is 47.1 Å². The number of imidazole rings is 1. The predicted molar refractivity (Wildman–Crippen MR) is 132 cm³/mol. The van der Waals surface area contributed by atoms with Crippen LogP contribution in [0.25, 0.3) is 11.2 Å². The number of fused-ring (bicyclic) bond motifs is 1. The van der Waals surface area contributed by atoms with E-state index in [9.17, 15) is 14.4 Å². The molecule has 0 saturated heterocycles. The Balaban J connectivity index is 1.87. The molecule has 0 unspecified atom stereocenters. The first-order valence-corrected chi connectivity index (χ1v) is 11.6. The number of Topliss-reactive ketones (excluding diaryl/α,β-unsaturated/α-hetero) is 1. The number of benzene rings is 2. The number of nitrogens with zero attached hydrogens (tertiary/aromatic N) is 4. The van der Waals surface area contributed by atoms with Crippen LogP contribution in [0.5, 0.6) is 0 Å². The Labute approximate surface area is 199 Å². The maximum Gasteiger partial charge on any atom is 0.332 e. The number of rotatable bonds is 7. The maximum absolute atomic E-state index is 13.1. The summed E-state index contributed by atoms with van der Waals surface area (Å²) < 4.78 is 5.32. The minimum Gasteiger partial charge on any atom is -0.317 e. The molecule has 0 spiro atoms. The Morgan fingerprint density at radius 2 is 1.73 bits per heavy atom. The Kier molecular flexibility index (Phi) is 6.47. The summed E-state index contributed by atoms with van der Waals surface area (Å²) in [5.41, 5.74) is 2.52. The molecule has 2 aromatic carbocycles. The molecule has 0 aliphatic rings. The molecule has 0 N–H and O–H groups in total. The lowest BCUT2D eigenvalue weighted by Crippen LogP contribution is -2.37. The number of aryl methyl sites for hydroxylation is 1. The van der Waals surface area contributed by atoms with Gasteiger partial charge in [0.15, 0.2) is 16.9 Å². The predicted octanol–water partition coefficient (Wildman–Crippen LogP) is 3.82. The average molecular weight is 509 g/mol. The van der Waals surface area contributed by atoms with Gasteiger partial charge in [0.25, 0.3) is 5.56 Å². The van der Waals surface area contributed by atoms with Crippen LogP contribution < -0.4 is 11.2 Å². The van der Waals surface area contributed by atoms with Crippen molar-refractivity contribution in [1.82, 2.24) is 18.7 Å². The normalized spacial score (nSPS) is 11.3. The molecular formula is C25H25BrN4O3. The molecule has 0 saturated carbocycles. The zero-order valence-corrected chi connectivity index (χ0v) is 20.4. The molecule has 7 nitrogen and oxygen atoms in total. The zero-order chi connectivity index (χ0) is 23.7. The third-order valence-corrected chi connectivity index (χ3v) is 6.24. The molecule has 0 aliphatic heterocycles. The highest BCUT2D eigenvalue weighted by Crippen LogP contribution is 2.20. The summed E-state index contributed by atoms with van der Waals surface area (Å²) in [5.74, 6) is 0.765. The van der Waals surface area contributed by atoms with E-state index in [1.165, 1.54) is 11.6 Å². The monoisotopic (exact) mass is 508 g/mol. The highest BCUT2D eigenvalue weighted by Gasteiger charge is 2.20. The standard InChI is InChI=1S/C25H25BrN4O3/c1-4-7-20(31)18-10-5-8-16(12-18)14-21-27-23-22(24(32)29(3)25(33)28(23)2)30(21)15-17-9-6-11-19(26)13-17/h5-6,8-13H,4,7,14-15H2,1-3H3. The van der Waals surface area contributed by atoms with Gasteiger partial charge in [-0.15, -0.1) is 0 Å². The molecule has 0 atom stereocenters. The molecule has 0 aliphatic carbocycles. The first-order valence-electron chi connectivity index (χ1n) is 10.8. The van der Waals surface area contributed by atoms with Crippen molar-refractivity contribution in [1.29, 1.82) is 0 Å². The molecule has 4 aromatic rings. The van der Waals surface area contributed by atoms with Crippen molar-refractivity contribution in [2.24, 2.45) is 14.1 Å². The van der Waals surface area contributed by atoms with Gasteiger partial charge in [0.1, 0.15) is 5.82 Å². The van der Waals surface area contributed by atoms with Gasteiger partial charge in [0, 0.05) is 43.5 Å². The molecule has 8 heteroatoms. The van der Waals surface area contributed by atoms with Gasteiger partial charge in [0.2, 0.25) is 0 Å². The van der Waals surface area contributed by atoms with E-state index in [0.29, 0.717) is 41.9 Å². The second kappa shape index (κ2) is 9.31. The molecule has 170 valence electrons. The number of carbonyl (C=O) groups excluding carboxylic acids is 1. The molecule has 33 heavy (non-hydrogen) atoms. The number of ketones is 1. The lowest BCUT2D eigenvalue weighted by Gasteiger charge is -2.11. The van der Waals surface area contributed by atoms with Gasteiger partial charge in [-0.3, -0.25) is 18.7 Å². The Bertz CT molecular complexity index is 1480. The number of hydrogen-bond donors (Lipinski definition) is 0. The maximum atomic E-state index is 13.1. The Morgan fingerprint density at radius 3 is 2.45 bits per heavy atom. The van der Waals surface area contributed by atoms with E-state index in [0.717, 1.165) is 26.6 Å². The summed E-state index contributed by atoms with van der Waals surface area (Å²) in [4.78, 5) is 42.7. The van der Waals surface area contributed by atoms with Crippen molar-refractivity contribution in [2.45, 2.75) is 32.7 Å². The largest absolute Gasteiger partial charge is 0.332 e. The molecule has 2 heterocycles. The molecular weight excluding hydrogens is 484 g/mol. The van der Waals surface area contributed by atoms with Gasteiger partial charge < -0.3 is 4.57 Å². The summed E-state index contributed by atoms with van der Waals surface area (Å²) in [7, 11) is 3.09. The smallest absolute Gasteiger partial charge is 0.317 e. The van der Waals surface area contributed by atoms with E-state index in [4.69, 9.17) is 4.98 Å². The minimum atomic E-state index is -0.418. The van der Waals surface area contributed by atoms with Crippen LogP contribution >= 0.6 is 15.9 Å². The Hall–Kier alpha value is -3.26. The van der Waals surface area contributed by atoms with Crippen molar-refractivity contribution in [3.63, 3.8) is 0 Å². The van der Waals surface area contributed by atoms with Crippen LogP contribution in [0.2, 0.25) is 0 Å². The molecule has 0 fully saturated rings. The SMILES string of the molecule is CCCC(=O)c1cccc(Cc2nc3c(c(=O)n(C)c(=O)n3C)n2Cc2cccc(Br)c2)c1. The van der Waals surface area contributed by atoms with Gasteiger partial charge in [-0.25, -0.2) is 9.78 Å². The summed E-state index contributed by atoms with van der Waals surface area (Å²) in [6, 6.07) is 15.4. The fourth-order valence-electron chi connectivity index (χ4n) is 4.02. The fraction of sp³-hybridized carbons (Fsp3) is 0.280. The molecule has 0 radical (unpaired) electrons. The van der Waals surface area contributed by atoms with E-state index >= 15 is 0 Å². The quantitative estimate of drug-likeness (QED) is 0.355. The molecule has 2 aromatic heterocycles. The third kappa shape index (κ3) is 4.48. The number of halogens is 1. The highest BCUT2D eigenvalue weighted by atomic mass is 79.9. The summed E-state index contributed by atoms with van der Waals surface area (Å²) in [5, 5.41) is 0. The first-order chi connectivity index (χ1) is 15.8. The fourth-order valence-corrected chi connectivity index (χ4v) is 4.47. The summed E-state index contributed by atoms with van der Waals surface area (Å²) in [6.45, 7) is 2.41. The third-order valence-electron chi connectivity index (χ3n) is 5.75. The van der Waals surface area contributed by atoms with Crippen LogP contribution in [0.3, 0.4) is 0 Å². The number of aromatic nitrogens is 4. The van der Waals surface area contributed by atoms with Crippen molar-refractivity contribution in [3.8, 4) is 0 Å². The van der Waals surface area contributed by atoms with Crippen LogP contribution in [-0.2, 0) is 27.1 Å². The van der Waals surface area contributed by atoms with Crippen molar-refractivity contribution >= 4 is 32.9 Å². The van der Waals surface area contributed by atoms with Gasteiger partial charge in [-0.05, 0) is 35.7 Å². The van der Waals surface area contributed by atoms with Gasteiger partial charge in [0.05, 0.1) is 0 Å². The highest BCUT2D eigenvalue weighted by molar-refractivity contribution is 9.10. The molecule has 0 bridgehead atoms. The van der Waals surface area contributed by atoms with Gasteiger partial charge >= 0.3 is 5.69 Å². The van der Waals surface area contributed by atoms with E-state index in [1.54, 1.807) is 7.05 Å². The van der Waals surface area contributed by atoms with Crippen molar-refractivity contribution < 1.29 is 4.79 Å². The van der Waals surface area contributed by atoms with E-state index < -0.39 is 5.69 Å². The lowest BCUT2D eigenvalue weighted by atomic mass is 10.0. The topological polar surface area (TPSA) is 78.9 Å². The van der Waals surface area contributed by atoms with Gasteiger partial charge in [-0.2, -0.15) is 0 Å². The van der Waals surface area contributed by atoms with Crippen LogP contribution in [-0.4, -0.2) is 24.5 Å². The van der Waals surface area contributed by atoms with E-state index in [-0.39, 0.29) is 11.3 Å². The van der Waals surface area contributed by atoms with E-state index in [2.05, 4.69) is 15.9 Å². The van der Waals surface area contributed by atoms with Crippen LogP contribution in [0.4, 0.5) is 0 Å². The average Bonchev–Trinajstić information content (AvgIpc) is 3.14. The van der Waals surface area contributed by atoms with E-state index in [1.807, 2.05) is 60.0 Å². The minimum absolute atomic E-state index is 0.109. The zero-order valence-electron chi connectivity index (χ0n) is 18.8. The summed E-state index contributed by atoms with van der Waals surface area (Å²) >= 11 is 3.50. The van der Waals surface area contributed by atoms with Crippen LogP contribution in [0.15, 0.2) is 62.6 Å². The second-order valence-electron chi connectivity index (χ2n) is 8.17. The first kappa shape index (κ1) is 22.9. The number of hydrogen-bond acceptors (Lipinski definition) is 4. The Morgan fingerprint density at radius 1 is 1.00 bits per heavy atom. The van der Waals surface area contributed by atoms with Crippen molar-refractivity contribution in [3.05, 3.63) is 96.4 Å². The lowest BCUT2D eigenvalue weighted by molar-refractivity contribution is 0.0981.